The molecule has 0 unspecified atom stereocenters. The van der Waals surface area contributed by atoms with Crippen molar-refractivity contribution in [1.29, 1.82) is 0 Å². The van der Waals surface area contributed by atoms with Crippen molar-refractivity contribution in [3.63, 3.8) is 0 Å². The molecule has 1 aromatic rings. The van der Waals surface area contributed by atoms with Crippen LogP contribution >= 0.6 is 12.2 Å². The summed E-state index contributed by atoms with van der Waals surface area (Å²) < 4.78 is 5.64. The van der Waals surface area contributed by atoms with E-state index in [1.165, 1.54) is 0 Å². The summed E-state index contributed by atoms with van der Waals surface area (Å²) in [6.07, 6.45) is 0. The molecule has 0 N–H and O–H groups in total. The fourth-order valence-corrected chi connectivity index (χ4v) is 1.85. The van der Waals surface area contributed by atoms with Crippen molar-refractivity contribution < 1.29 is 4.74 Å². The molecule has 0 bridgehead atoms. The molecule has 2 nitrogen and oxygen atoms in total. The quantitative estimate of drug-likeness (QED) is 0.744. The van der Waals surface area contributed by atoms with Crippen molar-refractivity contribution in [2.45, 2.75) is 27.4 Å². The maximum Gasteiger partial charge on any atom is 0.259 e. The number of ether oxygens (including phenoxy) is 1. The Morgan fingerprint density at radius 2 is 1.94 bits per heavy atom. The summed E-state index contributed by atoms with van der Waals surface area (Å²) in [6.45, 7) is 8.86. The first-order valence-electron chi connectivity index (χ1n) is 6.09. The lowest BCUT2D eigenvalue weighted by molar-refractivity contribution is 0.225. The summed E-state index contributed by atoms with van der Waals surface area (Å²) >= 11 is 5.30. The largest absolute Gasteiger partial charge is 0.466 e. The van der Waals surface area contributed by atoms with Crippen LogP contribution in [-0.2, 0) is 11.3 Å². The molecule has 0 saturated heterocycles. The van der Waals surface area contributed by atoms with Gasteiger partial charge >= 0.3 is 0 Å². The average Bonchev–Trinajstić information content (AvgIpc) is 2.34. The molecule has 0 aliphatic rings. The van der Waals surface area contributed by atoms with E-state index >= 15 is 0 Å². The van der Waals surface area contributed by atoms with Gasteiger partial charge in [0.2, 0.25) is 0 Å². The van der Waals surface area contributed by atoms with Gasteiger partial charge in [-0.05, 0) is 30.6 Å². The van der Waals surface area contributed by atoms with Crippen LogP contribution in [0.5, 0.6) is 0 Å². The number of hydrogen-bond donors (Lipinski definition) is 0. The van der Waals surface area contributed by atoms with Gasteiger partial charge in [-0.3, -0.25) is 0 Å². The lowest BCUT2D eigenvalue weighted by Gasteiger charge is -2.25. The Hall–Kier alpha value is -1.09. The van der Waals surface area contributed by atoms with Gasteiger partial charge in [0.1, 0.15) is 6.61 Å². The summed E-state index contributed by atoms with van der Waals surface area (Å²) in [5.41, 5.74) is 1.15. The van der Waals surface area contributed by atoms with Gasteiger partial charge in [-0.1, -0.05) is 44.2 Å². The second kappa shape index (κ2) is 7.28. The zero-order valence-corrected chi connectivity index (χ0v) is 11.7. The van der Waals surface area contributed by atoms with Crippen LogP contribution in [0.1, 0.15) is 26.3 Å². The minimum absolute atomic E-state index is 0.550. The van der Waals surface area contributed by atoms with Crippen LogP contribution in [0.3, 0.4) is 0 Å². The second-order valence-corrected chi connectivity index (χ2v) is 4.82. The molecular weight excluding hydrogens is 230 g/mol. The molecule has 1 rings (SSSR count). The number of thiocarbonyl (C=S) groups is 1. The molecular formula is C14H21NOS. The highest BCUT2D eigenvalue weighted by Crippen LogP contribution is 2.05. The summed E-state index contributed by atoms with van der Waals surface area (Å²) in [6, 6.07) is 10.1. The Labute approximate surface area is 110 Å². The van der Waals surface area contributed by atoms with E-state index in [0.717, 1.165) is 18.7 Å². The van der Waals surface area contributed by atoms with Gasteiger partial charge in [0.15, 0.2) is 0 Å². The predicted molar refractivity (Wildman–Crippen MR) is 75.9 cm³/mol. The molecule has 0 atom stereocenters. The molecule has 0 fully saturated rings. The molecule has 0 amide bonds. The molecule has 0 spiro atoms. The van der Waals surface area contributed by atoms with Gasteiger partial charge in [0, 0.05) is 13.1 Å². The smallest absolute Gasteiger partial charge is 0.259 e. The van der Waals surface area contributed by atoms with Crippen molar-refractivity contribution in [2.75, 3.05) is 13.1 Å². The summed E-state index contributed by atoms with van der Waals surface area (Å²) in [5.74, 6) is 0.591. The Morgan fingerprint density at radius 3 is 2.47 bits per heavy atom. The minimum Gasteiger partial charge on any atom is -0.466 e. The van der Waals surface area contributed by atoms with Gasteiger partial charge in [0.25, 0.3) is 5.17 Å². The molecule has 0 heterocycles. The molecule has 0 aliphatic heterocycles. The van der Waals surface area contributed by atoms with Crippen molar-refractivity contribution in [3.8, 4) is 0 Å². The summed E-state index contributed by atoms with van der Waals surface area (Å²) in [4.78, 5) is 2.10. The maximum atomic E-state index is 5.64. The fraction of sp³-hybridized carbons (Fsp3) is 0.500. The fourth-order valence-electron chi connectivity index (χ4n) is 1.58. The van der Waals surface area contributed by atoms with Crippen LogP contribution in [-0.4, -0.2) is 23.2 Å². The lowest BCUT2D eigenvalue weighted by atomic mass is 10.2. The number of hydrogen-bond acceptors (Lipinski definition) is 2. The first kappa shape index (κ1) is 14.0. The third kappa shape index (κ3) is 5.18. The predicted octanol–water partition coefficient (Wildman–Crippen LogP) is 3.47. The van der Waals surface area contributed by atoms with Gasteiger partial charge in [-0.25, -0.2) is 0 Å². The Bertz CT molecular complexity index is 337. The number of rotatable bonds is 5. The van der Waals surface area contributed by atoms with Crippen LogP contribution in [0.25, 0.3) is 0 Å². The van der Waals surface area contributed by atoms with Crippen LogP contribution in [0, 0.1) is 5.92 Å². The zero-order chi connectivity index (χ0) is 12.7. The van der Waals surface area contributed by atoms with Gasteiger partial charge in [-0.2, -0.15) is 0 Å². The van der Waals surface area contributed by atoms with Crippen molar-refractivity contribution >= 4 is 17.4 Å². The monoisotopic (exact) mass is 251 g/mol. The molecule has 1 aromatic carbocycles. The molecule has 17 heavy (non-hydrogen) atoms. The topological polar surface area (TPSA) is 12.5 Å². The van der Waals surface area contributed by atoms with Gasteiger partial charge in [0.05, 0.1) is 0 Å². The Kier molecular flexibility index (Phi) is 5.98. The standard InChI is InChI=1S/C14H21NOS/c1-4-15(10-12(2)3)14(17)16-11-13-8-6-5-7-9-13/h5-9,12H,4,10-11H2,1-3H3. The zero-order valence-electron chi connectivity index (χ0n) is 10.8. The van der Waals surface area contributed by atoms with E-state index in [9.17, 15) is 0 Å². The summed E-state index contributed by atoms with van der Waals surface area (Å²) in [5, 5.41) is 0.602. The third-order valence-corrected chi connectivity index (χ3v) is 2.81. The van der Waals surface area contributed by atoms with Crippen molar-refractivity contribution in [1.82, 2.24) is 4.90 Å². The van der Waals surface area contributed by atoms with Crippen LogP contribution in [0.4, 0.5) is 0 Å². The van der Waals surface area contributed by atoms with E-state index in [0.29, 0.717) is 17.7 Å². The highest BCUT2D eigenvalue weighted by molar-refractivity contribution is 7.80. The molecule has 0 aliphatic carbocycles. The second-order valence-electron chi connectivity index (χ2n) is 4.47. The van der Waals surface area contributed by atoms with Crippen LogP contribution in [0.2, 0.25) is 0 Å². The Morgan fingerprint density at radius 1 is 1.29 bits per heavy atom. The van der Waals surface area contributed by atoms with E-state index < -0.39 is 0 Å². The van der Waals surface area contributed by atoms with Crippen molar-refractivity contribution in [2.24, 2.45) is 5.92 Å². The number of benzene rings is 1. The van der Waals surface area contributed by atoms with E-state index in [1.807, 2.05) is 30.3 Å². The van der Waals surface area contributed by atoms with Crippen LogP contribution < -0.4 is 0 Å². The highest BCUT2D eigenvalue weighted by atomic mass is 32.1. The summed E-state index contributed by atoms with van der Waals surface area (Å²) in [7, 11) is 0. The average molecular weight is 251 g/mol. The molecule has 0 saturated carbocycles. The molecule has 0 radical (unpaired) electrons. The first-order chi connectivity index (χ1) is 8.13. The lowest BCUT2D eigenvalue weighted by Crippen LogP contribution is -2.34. The van der Waals surface area contributed by atoms with E-state index in [4.69, 9.17) is 17.0 Å². The number of nitrogens with zero attached hydrogens (tertiary/aromatic N) is 1. The van der Waals surface area contributed by atoms with Gasteiger partial charge < -0.3 is 9.64 Å². The normalized spacial score (nSPS) is 10.4. The van der Waals surface area contributed by atoms with E-state index in [1.54, 1.807) is 0 Å². The van der Waals surface area contributed by atoms with E-state index in [2.05, 4.69) is 25.7 Å². The molecule has 3 heteroatoms. The minimum atomic E-state index is 0.550. The first-order valence-corrected chi connectivity index (χ1v) is 6.50. The van der Waals surface area contributed by atoms with Gasteiger partial charge in [-0.15, -0.1) is 0 Å². The molecule has 94 valence electrons. The third-order valence-electron chi connectivity index (χ3n) is 2.43. The highest BCUT2D eigenvalue weighted by Gasteiger charge is 2.10. The maximum absolute atomic E-state index is 5.64. The SMILES string of the molecule is CCN(CC(C)C)C(=S)OCc1ccccc1. The van der Waals surface area contributed by atoms with Crippen molar-refractivity contribution in [3.05, 3.63) is 35.9 Å². The van der Waals surface area contributed by atoms with E-state index in [-0.39, 0.29) is 0 Å². The van der Waals surface area contributed by atoms with Crippen LogP contribution in [0.15, 0.2) is 30.3 Å². The Balaban J connectivity index is 2.42. The molecule has 0 aromatic heterocycles.